The average molecular weight is 231 g/mol. The summed E-state index contributed by atoms with van der Waals surface area (Å²) in [4.78, 5) is 4.17. The van der Waals surface area contributed by atoms with Crippen LogP contribution < -0.4 is 11.1 Å². The Morgan fingerprint density at radius 2 is 2.25 bits per heavy atom. The molecule has 0 aliphatic carbocycles. The number of ether oxygens (including phenoxy) is 1. The van der Waals surface area contributed by atoms with Crippen molar-refractivity contribution in [3.63, 3.8) is 0 Å². The Bertz CT molecular complexity index is 334. The zero-order valence-corrected chi connectivity index (χ0v) is 9.04. The SMILES string of the molecule is Cc1ccc(N)c(NCCOCC(F)F)n1. The molecule has 90 valence electrons. The summed E-state index contributed by atoms with van der Waals surface area (Å²) < 4.78 is 28.2. The van der Waals surface area contributed by atoms with E-state index in [2.05, 4.69) is 10.3 Å². The number of rotatable bonds is 6. The molecule has 0 saturated carbocycles. The Balaban J connectivity index is 2.29. The minimum Gasteiger partial charge on any atom is -0.396 e. The van der Waals surface area contributed by atoms with Crippen LogP contribution in [0.1, 0.15) is 5.69 Å². The van der Waals surface area contributed by atoms with E-state index in [0.717, 1.165) is 5.69 Å². The second-order valence-electron chi connectivity index (χ2n) is 3.28. The lowest BCUT2D eigenvalue weighted by molar-refractivity contribution is 0.0215. The fourth-order valence-corrected chi connectivity index (χ4v) is 1.12. The van der Waals surface area contributed by atoms with Crippen LogP contribution in [0.15, 0.2) is 12.1 Å². The van der Waals surface area contributed by atoms with Crippen LogP contribution in [0.4, 0.5) is 20.3 Å². The average Bonchev–Trinajstić information content (AvgIpc) is 2.22. The fourth-order valence-electron chi connectivity index (χ4n) is 1.12. The van der Waals surface area contributed by atoms with Gasteiger partial charge >= 0.3 is 0 Å². The highest BCUT2D eigenvalue weighted by Crippen LogP contribution is 2.14. The predicted octanol–water partition coefficient (Wildman–Crippen LogP) is 1.67. The molecule has 0 saturated heterocycles. The summed E-state index contributed by atoms with van der Waals surface area (Å²) in [6, 6.07) is 3.54. The van der Waals surface area contributed by atoms with Gasteiger partial charge in [0.15, 0.2) is 0 Å². The van der Waals surface area contributed by atoms with Crippen molar-refractivity contribution in [1.29, 1.82) is 0 Å². The van der Waals surface area contributed by atoms with E-state index in [1.54, 1.807) is 12.1 Å². The largest absolute Gasteiger partial charge is 0.396 e. The molecular formula is C10H15F2N3O. The summed E-state index contributed by atoms with van der Waals surface area (Å²) in [5, 5.41) is 2.92. The van der Waals surface area contributed by atoms with Gasteiger partial charge < -0.3 is 15.8 Å². The summed E-state index contributed by atoms with van der Waals surface area (Å²) >= 11 is 0. The third-order valence-electron chi connectivity index (χ3n) is 1.85. The summed E-state index contributed by atoms with van der Waals surface area (Å²) in [7, 11) is 0. The van der Waals surface area contributed by atoms with Crippen LogP contribution in [0.3, 0.4) is 0 Å². The molecule has 16 heavy (non-hydrogen) atoms. The van der Waals surface area contributed by atoms with E-state index >= 15 is 0 Å². The van der Waals surface area contributed by atoms with Gasteiger partial charge in [-0.05, 0) is 19.1 Å². The molecule has 0 radical (unpaired) electrons. The van der Waals surface area contributed by atoms with Crippen LogP contribution in [-0.4, -0.2) is 31.2 Å². The van der Waals surface area contributed by atoms with Gasteiger partial charge in [0, 0.05) is 12.2 Å². The number of nitrogens with two attached hydrogens (primary N) is 1. The minimum absolute atomic E-state index is 0.194. The van der Waals surface area contributed by atoms with Crippen LogP contribution in [0, 0.1) is 6.92 Å². The van der Waals surface area contributed by atoms with Gasteiger partial charge in [-0.3, -0.25) is 0 Å². The molecule has 0 aliphatic rings. The molecule has 1 rings (SSSR count). The van der Waals surface area contributed by atoms with Gasteiger partial charge in [0.25, 0.3) is 6.43 Å². The molecule has 0 aromatic carbocycles. The van der Waals surface area contributed by atoms with Crippen molar-refractivity contribution in [3.8, 4) is 0 Å². The molecule has 0 aliphatic heterocycles. The smallest absolute Gasteiger partial charge is 0.261 e. The first kappa shape index (κ1) is 12.6. The van der Waals surface area contributed by atoms with Crippen LogP contribution in [0.5, 0.6) is 0 Å². The lowest BCUT2D eigenvalue weighted by atomic mass is 10.3. The van der Waals surface area contributed by atoms with Crippen LogP contribution in [-0.2, 0) is 4.74 Å². The summed E-state index contributed by atoms with van der Waals surface area (Å²) in [5.41, 5.74) is 7.03. The normalized spacial score (nSPS) is 10.8. The highest BCUT2D eigenvalue weighted by atomic mass is 19.3. The second kappa shape index (κ2) is 6.22. The quantitative estimate of drug-likeness (QED) is 0.731. The van der Waals surface area contributed by atoms with E-state index in [9.17, 15) is 8.78 Å². The molecule has 0 bridgehead atoms. The zero-order chi connectivity index (χ0) is 12.0. The number of anilines is 2. The van der Waals surface area contributed by atoms with Gasteiger partial charge in [0.2, 0.25) is 0 Å². The molecule has 0 unspecified atom stereocenters. The Morgan fingerprint density at radius 3 is 2.94 bits per heavy atom. The van der Waals surface area contributed by atoms with E-state index in [4.69, 9.17) is 10.5 Å². The first-order chi connectivity index (χ1) is 7.59. The van der Waals surface area contributed by atoms with Gasteiger partial charge in [-0.25, -0.2) is 13.8 Å². The number of aromatic nitrogens is 1. The standard InChI is InChI=1S/C10H15F2N3O/c1-7-2-3-8(13)10(15-7)14-4-5-16-6-9(11)12/h2-3,9H,4-6,13H2,1H3,(H,14,15). The van der Waals surface area contributed by atoms with Crippen molar-refractivity contribution in [3.05, 3.63) is 17.8 Å². The van der Waals surface area contributed by atoms with Gasteiger partial charge in [-0.2, -0.15) is 0 Å². The number of alkyl halides is 2. The molecule has 0 atom stereocenters. The van der Waals surface area contributed by atoms with Crippen molar-refractivity contribution < 1.29 is 13.5 Å². The number of nitrogens with one attached hydrogen (secondary N) is 1. The van der Waals surface area contributed by atoms with Crippen molar-refractivity contribution >= 4 is 11.5 Å². The van der Waals surface area contributed by atoms with Gasteiger partial charge in [-0.15, -0.1) is 0 Å². The Morgan fingerprint density at radius 1 is 1.50 bits per heavy atom. The van der Waals surface area contributed by atoms with Crippen LogP contribution >= 0.6 is 0 Å². The number of nitrogens with zero attached hydrogens (tertiary/aromatic N) is 1. The molecule has 1 heterocycles. The minimum atomic E-state index is -2.43. The molecule has 1 aromatic rings. The number of halogens is 2. The fraction of sp³-hybridized carbons (Fsp3) is 0.500. The summed E-state index contributed by atoms with van der Waals surface area (Å²) in [5.74, 6) is 0.556. The molecule has 4 nitrogen and oxygen atoms in total. The first-order valence-electron chi connectivity index (χ1n) is 4.92. The number of aryl methyl sites for hydroxylation is 1. The number of hydrogen-bond donors (Lipinski definition) is 2. The topological polar surface area (TPSA) is 60.2 Å². The third-order valence-corrected chi connectivity index (χ3v) is 1.85. The second-order valence-corrected chi connectivity index (χ2v) is 3.28. The Kier molecular flexibility index (Phi) is 4.91. The van der Waals surface area contributed by atoms with E-state index in [-0.39, 0.29) is 6.61 Å². The van der Waals surface area contributed by atoms with E-state index < -0.39 is 13.0 Å². The lowest BCUT2D eigenvalue weighted by Crippen LogP contribution is -2.14. The lowest BCUT2D eigenvalue weighted by Gasteiger charge is -2.09. The molecule has 6 heteroatoms. The highest BCUT2D eigenvalue weighted by Gasteiger charge is 2.02. The molecule has 0 amide bonds. The predicted molar refractivity (Wildman–Crippen MR) is 58.7 cm³/mol. The molecule has 0 fully saturated rings. The van der Waals surface area contributed by atoms with E-state index in [1.807, 2.05) is 6.92 Å². The monoisotopic (exact) mass is 231 g/mol. The van der Waals surface area contributed by atoms with Crippen molar-refractivity contribution in [2.75, 3.05) is 30.8 Å². The molecule has 3 N–H and O–H groups in total. The summed E-state index contributed by atoms with van der Waals surface area (Å²) in [6.07, 6.45) is -2.43. The first-order valence-corrected chi connectivity index (χ1v) is 4.92. The van der Waals surface area contributed by atoms with E-state index in [1.165, 1.54) is 0 Å². The maximum Gasteiger partial charge on any atom is 0.261 e. The van der Waals surface area contributed by atoms with Crippen molar-refractivity contribution in [2.24, 2.45) is 0 Å². The number of pyridine rings is 1. The molecule has 0 spiro atoms. The molecular weight excluding hydrogens is 216 g/mol. The zero-order valence-electron chi connectivity index (χ0n) is 9.04. The number of nitrogen functional groups attached to an aromatic ring is 1. The Labute approximate surface area is 92.8 Å². The maximum absolute atomic E-state index is 11.7. The third kappa shape index (κ3) is 4.39. The maximum atomic E-state index is 11.7. The van der Waals surface area contributed by atoms with Gasteiger partial charge in [0.1, 0.15) is 12.4 Å². The van der Waals surface area contributed by atoms with Gasteiger partial charge in [-0.1, -0.05) is 0 Å². The summed E-state index contributed by atoms with van der Waals surface area (Å²) in [6.45, 7) is 1.89. The van der Waals surface area contributed by atoms with Gasteiger partial charge in [0.05, 0.1) is 12.3 Å². The van der Waals surface area contributed by atoms with E-state index in [0.29, 0.717) is 18.1 Å². The van der Waals surface area contributed by atoms with Crippen LogP contribution in [0.2, 0.25) is 0 Å². The number of hydrogen-bond acceptors (Lipinski definition) is 4. The van der Waals surface area contributed by atoms with Crippen LogP contribution in [0.25, 0.3) is 0 Å². The van der Waals surface area contributed by atoms with Crippen molar-refractivity contribution in [2.45, 2.75) is 13.3 Å². The Hall–Kier alpha value is -1.43. The molecule has 1 aromatic heterocycles. The highest BCUT2D eigenvalue weighted by molar-refractivity contribution is 5.61. The van der Waals surface area contributed by atoms with Crippen molar-refractivity contribution in [1.82, 2.24) is 4.98 Å².